The van der Waals surface area contributed by atoms with Crippen LogP contribution in [-0.4, -0.2) is 35.9 Å². The first kappa shape index (κ1) is 16.1. The van der Waals surface area contributed by atoms with Crippen molar-refractivity contribution in [2.75, 3.05) is 13.7 Å². The smallest absolute Gasteiger partial charge is 0.333 e. The molecule has 0 saturated heterocycles. The van der Waals surface area contributed by atoms with Gasteiger partial charge in [-0.2, -0.15) is 0 Å². The SMILES string of the molecule is CCC(=CCNC(C)(C)C(C)(C)O)C(=O)OC. The van der Waals surface area contributed by atoms with Gasteiger partial charge >= 0.3 is 5.97 Å². The topological polar surface area (TPSA) is 58.6 Å². The zero-order valence-electron chi connectivity index (χ0n) is 11.8. The molecule has 0 unspecified atom stereocenters. The van der Waals surface area contributed by atoms with Crippen molar-refractivity contribution in [3.63, 3.8) is 0 Å². The molecule has 0 heterocycles. The van der Waals surface area contributed by atoms with E-state index in [1.54, 1.807) is 19.9 Å². The second kappa shape index (κ2) is 6.17. The Morgan fingerprint density at radius 2 is 1.88 bits per heavy atom. The second-order valence-corrected chi connectivity index (χ2v) is 5.14. The monoisotopic (exact) mass is 243 g/mol. The Bertz CT molecular complexity index is 288. The lowest BCUT2D eigenvalue weighted by molar-refractivity contribution is -0.136. The molecule has 17 heavy (non-hydrogen) atoms. The van der Waals surface area contributed by atoms with Crippen molar-refractivity contribution in [3.05, 3.63) is 11.6 Å². The van der Waals surface area contributed by atoms with Gasteiger partial charge in [0, 0.05) is 17.7 Å². The Morgan fingerprint density at radius 1 is 1.35 bits per heavy atom. The summed E-state index contributed by atoms with van der Waals surface area (Å²) >= 11 is 0. The van der Waals surface area contributed by atoms with E-state index in [4.69, 9.17) is 0 Å². The molecule has 0 radical (unpaired) electrons. The molecule has 4 heteroatoms. The van der Waals surface area contributed by atoms with Gasteiger partial charge in [-0.25, -0.2) is 4.79 Å². The molecule has 0 rings (SSSR count). The highest BCUT2D eigenvalue weighted by Crippen LogP contribution is 2.20. The molecule has 0 atom stereocenters. The first-order valence-corrected chi connectivity index (χ1v) is 5.90. The van der Waals surface area contributed by atoms with Gasteiger partial charge < -0.3 is 15.2 Å². The van der Waals surface area contributed by atoms with Crippen molar-refractivity contribution < 1.29 is 14.6 Å². The quantitative estimate of drug-likeness (QED) is 0.550. The van der Waals surface area contributed by atoms with Crippen molar-refractivity contribution in [1.29, 1.82) is 0 Å². The molecule has 2 N–H and O–H groups in total. The van der Waals surface area contributed by atoms with Gasteiger partial charge in [0.05, 0.1) is 12.7 Å². The third-order valence-corrected chi connectivity index (χ3v) is 3.25. The predicted octanol–water partition coefficient (Wildman–Crippen LogP) is 1.63. The summed E-state index contributed by atoms with van der Waals surface area (Å²) in [6.45, 7) is 9.78. The molecule has 0 saturated carbocycles. The molecule has 0 fully saturated rings. The first-order valence-electron chi connectivity index (χ1n) is 5.90. The second-order valence-electron chi connectivity index (χ2n) is 5.14. The van der Waals surface area contributed by atoms with Crippen LogP contribution in [0.5, 0.6) is 0 Å². The predicted molar refractivity (Wildman–Crippen MR) is 68.8 cm³/mol. The van der Waals surface area contributed by atoms with E-state index in [1.165, 1.54) is 7.11 Å². The lowest BCUT2D eigenvalue weighted by atomic mass is 9.86. The van der Waals surface area contributed by atoms with Crippen molar-refractivity contribution >= 4 is 5.97 Å². The Balaban J connectivity index is 4.48. The van der Waals surface area contributed by atoms with E-state index in [2.05, 4.69) is 10.1 Å². The molecule has 100 valence electrons. The Labute approximate surface area is 104 Å². The Morgan fingerprint density at radius 3 is 2.24 bits per heavy atom. The number of carbonyl (C=O) groups excluding carboxylic acids is 1. The van der Waals surface area contributed by atoms with Crippen LogP contribution in [0.3, 0.4) is 0 Å². The molecule has 0 spiro atoms. The number of hydrogen-bond donors (Lipinski definition) is 2. The van der Waals surface area contributed by atoms with Crippen LogP contribution in [0.25, 0.3) is 0 Å². The van der Waals surface area contributed by atoms with Crippen LogP contribution in [0, 0.1) is 0 Å². The van der Waals surface area contributed by atoms with Gasteiger partial charge in [-0.1, -0.05) is 13.0 Å². The van der Waals surface area contributed by atoms with Crippen LogP contribution >= 0.6 is 0 Å². The minimum Gasteiger partial charge on any atom is -0.466 e. The molecule has 0 aliphatic carbocycles. The average molecular weight is 243 g/mol. The third-order valence-electron chi connectivity index (χ3n) is 3.25. The number of ether oxygens (including phenoxy) is 1. The third kappa shape index (κ3) is 4.88. The maximum absolute atomic E-state index is 11.3. The molecule has 0 amide bonds. The first-order chi connectivity index (χ1) is 7.65. The number of hydrogen-bond acceptors (Lipinski definition) is 4. The fourth-order valence-electron chi connectivity index (χ4n) is 1.15. The van der Waals surface area contributed by atoms with Gasteiger partial charge in [-0.3, -0.25) is 0 Å². The maximum atomic E-state index is 11.3. The number of carbonyl (C=O) groups is 1. The minimum absolute atomic E-state index is 0.296. The summed E-state index contributed by atoms with van der Waals surface area (Å²) in [6.07, 6.45) is 2.44. The number of rotatable bonds is 6. The Kier molecular flexibility index (Phi) is 5.85. The number of esters is 1. The van der Waals surface area contributed by atoms with Crippen LogP contribution in [0.15, 0.2) is 11.6 Å². The molecular formula is C13H25NO3. The highest BCUT2D eigenvalue weighted by molar-refractivity contribution is 5.88. The lowest BCUT2D eigenvalue weighted by Gasteiger charge is -2.38. The van der Waals surface area contributed by atoms with Crippen molar-refractivity contribution in [3.8, 4) is 0 Å². The highest BCUT2D eigenvalue weighted by atomic mass is 16.5. The lowest BCUT2D eigenvalue weighted by Crippen LogP contribution is -2.55. The van der Waals surface area contributed by atoms with Crippen LogP contribution in [-0.2, 0) is 9.53 Å². The van der Waals surface area contributed by atoms with Gasteiger partial charge in [0.25, 0.3) is 0 Å². The number of aliphatic hydroxyl groups is 1. The van der Waals surface area contributed by atoms with Crippen LogP contribution in [0.1, 0.15) is 41.0 Å². The van der Waals surface area contributed by atoms with E-state index < -0.39 is 11.1 Å². The zero-order chi connectivity index (χ0) is 13.7. The van der Waals surface area contributed by atoms with E-state index in [-0.39, 0.29) is 5.97 Å². The summed E-state index contributed by atoms with van der Waals surface area (Å²) in [7, 11) is 1.38. The molecule has 0 aromatic carbocycles. The van der Waals surface area contributed by atoms with Crippen molar-refractivity contribution in [2.24, 2.45) is 0 Å². The van der Waals surface area contributed by atoms with E-state index in [9.17, 15) is 9.90 Å². The summed E-state index contributed by atoms with van der Waals surface area (Å²) in [5, 5.41) is 13.2. The molecule has 0 aliphatic heterocycles. The summed E-state index contributed by atoms with van der Waals surface area (Å²) in [6, 6.07) is 0. The van der Waals surface area contributed by atoms with Gasteiger partial charge in [-0.05, 0) is 34.1 Å². The van der Waals surface area contributed by atoms with E-state index in [0.29, 0.717) is 18.5 Å². The average Bonchev–Trinajstić information content (AvgIpc) is 2.21. The molecule has 0 aliphatic rings. The summed E-state index contributed by atoms with van der Waals surface area (Å²) in [5.74, 6) is -0.296. The summed E-state index contributed by atoms with van der Waals surface area (Å²) in [4.78, 5) is 11.3. The Hall–Kier alpha value is -0.870. The molecule has 4 nitrogen and oxygen atoms in total. The fourth-order valence-corrected chi connectivity index (χ4v) is 1.15. The van der Waals surface area contributed by atoms with E-state index >= 15 is 0 Å². The standard InChI is InChI=1S/C13H25NO3/c1-7-10(11(15)17-6)8-9-14-12(2,3)13(4,5)16/h8,14,16H,7,9H2,1-6H3. The maximum Gasteiger partial charge on any atom is 0.333 e. The van der Waals surface area contributed by atoms with Crippen LogP contribution < -0.4 is 5.32 Å². The largest absolute Gasteiger partial charge is 0.466 e. The molecule has 0 bridgehead atoms. The number of nitrogens with one attached hydrogen (secondary N) is 1. The highest BCUT2D eigenvalue weighted by Gasteiger charge is 2.33. The molecular weight excluding hydrogens is 218 g/mol. The normalized spacial score (nSPS) is 13.7. The summed E-state index contributed by atoms with van der Waals surface area (Å²) in [5.41, 5.74) is -0.622. The van der Waals surface area contributed by atoms with Crippen LogP contribution in [0.2, 0.25) is 0 Å². The van der Waals surface area contributed by atoms with Gasteiger partial charge in [-0.15, -0.1) is 0 Å². The van der Waals surface area contributed by atoms with Gasteiger partial charge in [0.2, 0.25) is 0 Å². The van der Waals surface area contributed by atoms with E-state index in [0.717, 1.165) is 0 Å². The van der Waals surface area contributed by atoms with Crippen molar-refractivity contribution in [2.45, 2.75) is 52.2 Å². The zero-order valence-corrected chi connectivity index (χ0v) is 11.8. The fraction of sp³-hybridized carbons (Fsp3) is 0.769. The van der Waals surface area contributed by atoms with Gasteiger partial charge in [0.1, 0.15) is 0 Å². The van der Waals surface area contributed by atoms with Crippen LogP contribution in [0.4, 0.5) is 0 Å². The van der Waals surface area contributed by atoms with Crippen molar-refractivity contribution in [1.82, 2.24) is 5.32 Å². The van der Waals surface area contributed by atoms with E-state index in [1.807, 2.05) is 20.8 Å². The minimum atomic E-state index is -0.835. The van der Waals surface area contributed by atoms with Gasteiger partial charge in [0.15, 0.2) is 0 Å². The number of methoxy groups -OCH3 is 1. The summed E-state index contributed by atoms with van der Waals surface area (Å²) < 4.78 is 4.67. The molecule has 0 aromatic heterocycles. The molecule has 0 aromatic rings.